The van der Waals surface area contributed by atoms with E-state index in [4.69, 9.17) is 0 Å². The van der Waals surface area contributed by atoms with Crippen molar-refractivity contribution < 1.29 is 0 Å². The van der Waals surface area contributed by atoms with Gasteiger partial charge in [0.05, 0.1) is 0 Å². The number of alkyl halides is 1. The lowest BCUT2D eigenvalue weighted by Crippen LogP contribution is -2.01. The van der Waals surface area contributed by atoms with E-state index < -0.39 is 0 Å². The predicted octanol–water partition coefficient (Wildman–Crippen LogP) is 1.89. The number of hydrogen-bond donors (Lipinski definition) is 0. The summed E-state index contributed by atoms with van der Waals surface area (Å²) in [4.78, 5) is 0. The molecule has 6 heavy (non-hydrogen) atoms. The SMILES string of the molecule is CC1(CBr)CS1. The maximum Gasteiger partial charge on any atom is 0.0319 e. The van der Waals surface area contributed by atoms with Crippen molar-refractivity contribution in [1.29, 1.82) is 0 Å². The summed E-state index contributed by atoms with van der Waals surface area (Å²) in [5.41, 5.74) is 0. The molecule has 0 aromatic rings. The van der Waals surface area contributed by atoms with Crippen LogP contribution in [0.25, 0.3) is 0 Å². The van der Waals surface area contributed by atoms with Crippen molar-refractivity contribution in [3.63, 3.8) is 0 Å². The molecular formula is C4H7BrS. The van der Waals surface area contributed by atoms with Gasteiger partial charge in [-0.15, -0.1) is 0 Å². The Morgan fingerprint density at radius 2 is 2.50 bits per heavy atom. The summed E-state index contributed by atoms with van der Waals surface area (Å²) < 4.78 is 0.625. The van der Waals surface area contributed by atoms with Gasteiger partial charge in [-0.2, -0.15) is 11.8 Å². The molecule has 0 N–H and O–H groups in total. The van der Waals surface area contributed by atoms with Gasteiger partial charge in [0.15, 0.2) is 0 Å². The number of hydrogen-bond acceptors (Lipinski definition) is 1. The van der Waals surface area contributed by atoms with Crippen molar-refractivity contribution in [2.75, 3.05) is 11.1 Å². The minimum atomic E-state index is 0.625. The van der Waals surface area contributed by atoms with Gasteiger partial charge in [-0.3, -0.25) is 0 Å². The normalized spacial score (nSPS) is 43.0. The van der Waals surface area contributed by atoms with Crippen molar-refractivity contribution in [3.05, 3.63) is 0 Å². The molecule has 0 nitrogen and oxygen atoms in total. The van der Waals surface area contributed by atoms with Crippen LogP contribution in [0.4, 0.5) is 0 Å². The fraction of sp³-hybridized carbons (Fsp3) is 1.00. The molecule has 1 atom stereocenters. The molecule has 0 amide bonds. The molecule has 2 heteroatoms. The summed E-state index contributed by atoms with van der Waals surface area (Å²) in [6, 6.07) is 0. The molecule has 1 rings (SSSR count). The highest BCUT2D eigenvalue weighted by atomic mass is 79.9. The Labute approximate surface area is 50.8 Å². The molecule has 1 unspecified atom stereocenters. The summed E-state index contributed by atoms with van der Waals surface area (Å²) in [6.07, 6.45) is 0. The summed E-state index contributed by atoms with van der Waals surface area (Å²) >= 11 is 5.44. The summed E-state index contributed by atoms with van der Waals surface area (Å²) in [5, 5.41) is 1.16. The Bertz CT molecular complexity index is 58.6. The average molecular weight is 167 g/mol. The lowest BCUT2D eigenvalue weighted by molar-refractivity contribution is 0.928. The lowest BCUT2D eigenvalue weighted by Gasteiger charge is -1.92. The van der Waals surface area contributed by atoms with Gasteiger partial charge in [-0.05, 0) is 6.92 Å². The molecular weight excluding hydrogens is 160 g/mol. The van der Waals surface area contributed by atoms with E-state index in [1.807, 2.05) is 11.8 Å². The first kappa shape index (κ1) is 4.98. The standard InChI is InChI=1S/C4H7BrS/c1-4(2-5)3-6-4/h2-3H2,1H3. The zero-order chi connectivity index (χ0) is 4.62. The fourth-order valence-corrected chi connectivity index (χ4v) is 1.57. The zero-order valence-electron chi connectivity index (χ0n) is 3.70. The van der Waals surface area contributed by atoms with Crippen molar-refractivity contribution in [3.8, 4) is 0 Å². The van der Waals surface area contributed by atoms with E-state index in [0.29, 0.717) is 4.75 Å². The predicted molar refractivity (Wildman–Crippen MR) is 34.7 cm³/mol. The average Bonchev–Trinajstić information content (AvgIpc) is 2.22. The Hall–Kier alpha value is 0.830. The second-order valence-corrected chi connectivity index (χ2v) is 4.00. The molecule has 0 aromatic heterocycles. The van der Waals surface area contributed by atoms with Crippen LogP contribution in [0.1, 0.15) is 6.92 Å². The van der Waals surface area contributed by atoms with Gasteiger partial charge in [0.1, 0.15) is 0 Å². The molecule has 1 aliphatic heterocycles. The molecule has 1 aliphatic rings. The van der Waals surface area contributed by atoms with Crippen molar-refractivity contribution in [2.24, 2.45) is 0 Å². The molecule has 1 fully saturated rings. The van der Waals surface area contributed by atoms with E-state index in [9.17, 15) is 0 Å². The van der Waals surface area contributed by atoms with Gasteiger partial charge in [-0.25, -0.2) is 0 Å². The van der Waals surface area contributed by atoms with Crippen molar-refractivity contribution >= 4 is 27.7 Å². The maximum absolute atomic E-state index is 3.41. The maximum atomic E-state index is 3.41. The minimum absolute atomic E-state index is 0.625. The minimum Gasteiger partial charge on any atom is -0.152 e. The molecule has 1 saturated heterocycles. The van der Waals surface area contributed by atoms with Crippen molar-refractivity contribution in [1.82, 2.24) is 0 Å². The van der Waals surface area contributed by atoms with Crippen LogP contribution >= 0.6 is 27.7 Å². The first-order valence-corrected chi connectivity index (χ1v) is 4.07. The summed E-state index contributed by atoms with van der Waals surface area (Å²) in [5.74, 6) is 1.35. The largest absolute Gasteiger partial charge is 0.152 e. The van der Waals surface area contributed by atoms with E-state index in [0.717, 1.165) is 5.33 Å². The molecule has 0 radical (unpaired) electrons. The van der Waals surface area contributed by atoms with Gasteiger partial charge >= 0.3 is 0 Å². The van der Waals surface area contributed by atoms with Crippen LogP contribution in [0.2, 0.25) is 0 Å². The zero-order valence-corrected chi connectivity index (χ0v) is 6.10. The summed E-state index contributed by atoms with van der Waals surface area (Å²) in [7, 11) is 0. The Balaban J connectivity index is 2.28. The van der Waals surface area contributed by atoms with Gasteiger partial charge < -0.3 is 0 Å². The van der Waals surface area contributed by atoms with Crippen molar-refractivity contribution in [2.45, 2.75) is 11.7 Å². The van der Waals surface area contributed by atoms with Crippen LogP contribution in [0.5, 0.6) is 0 Å². The third-order valence-electron chi connectivity index (χ3n) is 0.920. The quantitative estimate of drug-likeness (QED) is 0.424. The van der Waals surface area contributed by atoms with E-state index >= 15 is 0 Å². The Kier molecular flexibility index (Phi) is 1.17. The second kappa shape index (κ2) is 1.41. The lowest BCUT2D eigenvalue weighted by atomic mass is 10.3. The molecule has 0 spiro atoms. The molecule has 0 aliphatic carbocycles. The number of halogens is 1. The highest BCUT2D eigenvalue weighted by Crippen LogP contribution is 2.44. The topological polar surface area (TPSA) is 0 Å². The first-order valence-electron chi connectivity index (χ1n) is 1.97. The van der Waals surface area contributed by atoms with Crippen LogP contribution < -0.4 is 0 Å². The molecule has 1 heterocycles. The van der Waals surface area contributed by atoms with E-state index in [1.165, 1.54) is 5.75 Å². The number of thioether (sulfide) groups is 1. The fourth-order valence-electron chi connectivity index (χ4n) is 0.200. The molecule has 0 saturated carbocycles. The highest BCUT2D eigenvalue weighted by Gasteiger charge is 2.36. The van der Waals surface area contributed by atoms with Gasteiger partial charge in [0.2, 0.25) is 0 Å². The van der Waals surface area contributed by atoms with Gasteiger partial charge in [-0.1, -0.05) is 15.9 Å². The molecule has 36 valence electrons. The monoisotopic (exact) mass is 166 g/mol. The van der Waals surface area contributed by atoms with Gasteiger partial charge in [0, 0.05) is 15.8 Å². The van der Waals surface area contributed by atoms with Gasteiger partial charge in [0.25, 0.3) is 0 Å². The first-order chi connectivity index (χ1) is 2.77. The number of rotatable bonds is 1. The molecule has 0 aromatic carbocycles. The van der Waals surface area contributed by atoms with Crippen LogP contribution in [-0.4, -0.2) is 15.8 Å². The van der Waals surface area contributed by atoms with Crippen LogP contribution in [0.3, 0.4) is 0 Å². The Morgan fingerprint density at radius 1 is 2.00 bits per heavy atom. The second-order valence-electron chi connectivity index (χ2n) is 1.87. The van der Waals surface area contributed by atoms with Crippen LogP contribution in [0, 0.1) is 0 Å². The Morgan fingerprint density at radius 3 is 2.50 bits per heavy atom. The van der Waals surface area contributed by atoms with E-state index in [-0.39, 0.29) is 0 Å². The van der Waals surface area contributed by atoms with Crippen LogP contribution in [-0.2, 0) is 0 Å². The molecule has 0 bridgehead atoms. The third kappa shape index (κ3) is 0.909. The highest BCUT2D eigenvalue weighted by molar-refractivity contribution is 9.09. The summed E-state index contributed by atoms with van der Waals surface area (Å²) in [6.45, 7) is 2.27. The van der Waals surface area contributed by atoms with Crippen LogP contribution in [0.15, 0.2) is 0 Å². The smallest absolute Gasteiger partial charge is 0.0319 e. The third-order valence-corrected chi connectivity index (χ3v) is 3.95. The van der Waals surface area contributed by atoms with E-state index in [1.54, 1.807) is 0 Å². The van der Waals surface area contributed by atoms with E-state index in [2.05, 4.69) is 22.9 Å².